The summed E-state index contributed by atoms with van der Waals surface area (Å²) >= 11 is 0. The SMILES string of the molecule is C=CCc1ccccc1OCC(=O)Oc1ccc(C(C)(C)C)cc1. The highest BCUT2D eigenvalue weighted by Gasteiger charge is 2.14. The van der Waals surface area contributed by atoms with Gasteiger partial charge in [0, 0.05) is 0 Å². The van der Waals surface area contributed by atoms with Crippen molar-refractivity contribution < 1.29 is 14.3 Å². The Morgan fingerprint density at radius 2 is 1.75 bits per heavy atom. The Morgan fingerprint density at radius 3 is 2.38 bits per heavy atom. The highest BCUT2D eigenvalue weighted by molar-refractivity contribution is 5.74. The summed E-state index contributed by atoms with van der Waals surface area (Å²) < 4.78 is 10.9. The predicted octanol–water partition coefficient (Wildman–Crippen LogP) is 4.70. The van der Waals surface area contributed by atoms with Crippen LogP contribution < -0.4 is 9.47 Å². The summed E-state index contributed by atoms with van der Waals surface area (Å²) in [7, 11) is 0. The summed E-state index contributed by atoms with van der Waals surface area (Å²) in [6, 6.07) is 15.2. The molecule has 2 aromatic carbocycles. The number of rotatable bonds is 6. The van der Waals surface area contributed by atoms with Crippen molar-refractivity contribution in [1.82, 2.24) is 0 Å². The van der Waals surface area contributed by atoms with Crippen LogP contribution in [0.25, 0.3) is 0 Å². The lowest BCUT2D eigenvalue weighted by Crippen LogP contribution is -2.18. The molecule has 0 aliphatic rings. The molecule has 0 aliphatic heterocycles. The van der Waals surface area contributed by atoms with E-state index in [0.29, 0.717) is 17.9 Å². The number of hydrogen-bond donors (Lipinski definition) is 0. The average Bonchev–Trinajstić information content (AvgIpc) is 2.54. The molecule has 126 valence electrons. The number of hydrogen-bond acceptors (Lipinski definition) is 3. The molecular formula is C21H24O3. The van der Waals surface area contributed by atoms with Gasteiger partial charge in [0.05, 0.1) is 0 Å². The molecule has 0 N–H and O–H groups in total. The van der Waals surface area contributed by atoms with E-state index < -0.39 is 5.97 Å². The van der Waals surface area contributed by atoms with Crippen LogP contribution in [-0.2, 0) is 16.6 Å². The van der Waals surface area contributed by atoms with Crippen molar-refractivity contribution in [3.05, 3.63) is 72.3 Å². The van der Waals surface area contributed by atoms with Gasteiger partial charge in [-0.05, 0) is 41.2 Å². The average molecular weight is 324 g/mol. The molecule has 0 aliphatic carbocycles. The van der Waals surface area contributed by atoms with E-state index >= 15 is 0 Å². The molecule has 2 rings (SSSR count). The molecule has 24 heavy (non-hydrogen) atoms. The lowest BCUT2D eigenvalue weighted by molar-refractivity contribution is -0.136. The smallest absolute Gasteiger partial charge is 0.349 e. The number of carbonyl (C=O) groups excluding carboxylic acids is 1. The van der Waals surface area contributed by atoms with Crippen molar-refractivity contribution in [1.29, 1.82) is 0 Å². The van der Waals surface area contributed by atoms with Crippen LogP contribution in [0.15, 0.2) is 61.2 Å². The largest absolute Gasteiger partial charge is 0.482 e. The minimum absolute atomic E-state index is 0.0700. The molecule has 0 saturated heterocycles. The zero-order valence-electron chi connectivity index (χ0n) is 14.5. The van der Waals surface area contributed by atoms with Crippen molar-refractivity contribution in [3.63, 3.8) is 0 Å². The standard InChI is InChI=1S/C21H24O3/c1-5-8-16-9-6-7-10-19(16)23-15-20(22)24-18-13-11-17(12-14-18)21(2,3)4/h5-7,9-14H,1,8,15H2,2-4H3. The second-order valence-electron chi connectivity index (χ2n) is 6.64. The maximum Gasteiger partial charge on any atom is 0.349 e. The van der Waals surface area contributed by atoms with Gasteiger partial charge >= 0.3 is 5.97 Å². The van der Waals surface area contributed by atoms with Crippen LogP contribution in [0.2, 0.25) is 0 Å². The number of ether oxygens (including phenoxy) is 2. The Balaban J connectivity index is 1.93. The third-order valence-electron chi connectivity index (χ3n) is 3.63. The molecule has 0 saturated carbocycles. The summed E-state index contributed by atoms with van der Waals surface area (Å²) in [6.45, 7) is 10.0. The van der Waals surface area contributed by atoms with Crippen molar-refractivity contribution in [3.8, 4) is 11.5 Å². The second-order valence-corrected chi connectivity index (χ2v) is 6.64. The van der Waals surface area contributed by atoms with Gasteiger partial charge in [-0.3, -0.25) is 0 Å². The van der Waals surface area contributed by atoms with Gasteiger partial charge in [-0.2, -0.15) is 0 Å². The van der Waals surface area contributed by atoms with Crippen LogP contribution in [0, 0.1) is 0 Å². The van der Waals surface area contributed by atoms with Crippen LogP contribution in [-0.4, -0.2) is 12.6 Å². The van der Waals surface area contributed by atoms with Crippen molar-refractivity contribution >= 4 is 5.97 Å². The molecule has 2 aromatic rings. The Bertz CT molecular complexity index is 694. The van der Waals surface area contributed by atoms with Gasteiger partial charge in [0.25, 0.3) is 0 Å². The maximum absolute atomic E-state index is 12.0. The van der Waals surface area contributed by atoms with E-state index in [2.05, 4.69) is 27.4 Å². The molecule has 0 unspecified atom stereocenters. The number of benzene rings is 2. The molecule has 0 aromatic heterocycles. The van der Waals surface area contributed by atoms with Crippen LogP contribution in [0.3, 0.4) is 0 Å². The fraction of sp³-hybridized carbons (Fsp3) is 0.286. The third-order valence-corrected chi connectivity index (χ3v) is 3.63. The minimum Gasteiger partial charge on any atom is -0.482 e. The summed E-state index contributed by atoms with van der Waals surface area (Å²) in [5.74, 6) is 0.778. The first-order chi connectivity index (χ1) is 11.4. The number of carbonyl (C=O) groups is 1. The summed E-state index contributed by atoms with van der Waals surface area (Å²) in [4.78, 5) is 12.0. The van der Waals surface area contributed by atoms with Gasteiger partial charge in [0.15, 0.2) is 6.61 Å². The number of para-hydroxylation sites is 1. The highest BCUT2D eigenvalue weighted by Crippen LogP contribution is 2.24. The van der Waals surface area contributed by atoms with Crippen LogP contribution in [0.4, 0.5) is 0 Å². The minimum atomic E-state index is -0.424. The van der Waals surface area contributed by atoms with Crippen LogP contribution >= 0.6 is 0 Å². The topological polar surface area (TPSA) is 35.5 Å². The van der Waals surface area contributed by atoms with Gasteiger partial charge in [0.1, 0.15) is 11.5 Å². The van der Waals surface area contributed by atoms with E-state index in [1.807, 2.05) is 48.5 Å². The highest BCUT2D eigenvalue weighted by atomic mass is 16.6. The van der Waals surface area contributed by atoms with E-state index in [1.165, 1.54) is 5.56 Å². The van der Waals surface area contributed by atoms with E-state index in [1.54, 1.807) is 6.08 Å². The van der Waals surface area contributed by atoms with Gasteiger partial charge in [-0.25, -0.2) is 4.79 Å². The van der Waals surface area contributed by atoms with Crippen molar-refractivity contribution in [2.24, 2.45) is 0 Å². The predicted molar refractivity (Wildman–Crippen MR) is 96.6 cm³/mol. The van der Waals surface area contributed by atoms with Gasteiger partial charge < -0.3 is 9.47 Å². The van der Waals surface area contributed by atoms with Crippen LogP contribution in [0.1, 0.15) is 31.9 Å². The normalized spacial score (nSPS) is 11.0. The van der Waals surface area contributed by atoms with Crippen molar-refractivity contribution in [2.75, 3.05) is 6.61 Å². The molecule has 0 fully saturated rings. The summed E-state index contributed by atoms with van der Waals surface area (Å²) in [5.41, 5.74) is 2.26. The van der Waals surface area contributed by atoms with E-state index in [-0.39, 0.29) is 12.0 Å². The first-order valence-corrected chi connectivity index (χ1v) is 8.03. The first kappa shape index (κ1) is 17.8. The molecule has 0 bridgehead atoms. The summed E-state index contributed by atoms with van der Waals surface area (Å²) in [6.07, 6.45) is 2.50. The molecule has 0 atom stereocenters. The van der Waals surface area contributed by atoms with Gasteiger partial charge in [-0.15, -0.1) is 6.58 Å². The molecule has 0 heterocycles. The second kappa shape index (κ2) is 7.82. The third kappa shape index (κ3) is 4.98. The van der Waals surface area contributed by atoms with Crippen LogP contribution in [0.5, 0.6) is 11.5 Å². The number of esters is 1. The van der Waals surface area contributed by atoms with E-state index in [4.69, 9.17) is 9.47 Å². The Labute approximate surface area is 143 Å². The van der Waals surface area contributed by atoms with E-state index in [0.717, 1.165) is 5.56 Å². The lowest BCUT2D eigenvalue weighted by atomic mass is 9.87. The molecule has 3 nitrogen and oxygen atoms in total. The van der Waals surface area contributed by atoms with E-state index in [9.17, 15) is 4.79 Å². The van der Waals surface area contributed by atoms with Crippen molar-refractivity contribution in [2.45, 2.75) is 32.6 Å². The maximum atomic E-state index is 12.0. The Morgan fingerprint density at radius 1 is 1.08 bits per heavy atom. The lowest BCUT2D eigenvalue weighted by Gasteiger charge is -2.19. The molecule has 0 radical (unpaired) electrons. The monoisotopic (exact) mass is 324 g/mol. The van der Waals surface area contributed by atoms with Gasteiger partial charge in [-0.1, -0.05) is 57.2 Å². The fourth-order valence-corrected chi connectivity index (χ4v) is 2.29. The zero-order valence-corrected chi connectivity index (χ0v) is 14.5. The molecular weight excluding hydrogens is 300 g/mol. The van der Waals surface area contributed by atoms with Gasteiger partial charge in [0.2, 0.25) is 0 Å². The zero-order chi connectivity index (χ0) is 17.6. The summed E-state index contributed by atoms with van der Waals surface area (Å²) in [5, 5.41) is 0. The molecule has 0 amide bonds. The quantitative estimate of drug-likeness (QED) is 0.439. The first-order valence-electron chi connectivity index (χ1n) is 8.03. The number of allylic oxidation sites excluding steroid dienone is 1. The molecule has 3 heteroatoms. The Hall–Kier alpha value is -2.55. The fourth-order valence-electron chi connectivity index (χ4n) is 2.29. The Kier molecular flexibility index (Phi) is 5.80. The molecule has 0 spiro atoms.